The van der Waals surface area contributed by atoms with E-state index >= 15 is 0 Å². The first kappa shape index (κ1) is 19.8. The van der Waals surface area contributed by atoms with Crippen molar-refractivity contribution >= 4 is 27.4 Å². The van der Waals surface area contributed by atoms with Gasteiger partial charge in [0.25, 0.3) is 0 Å². The third-order valence-corrected chi connectivity index (χ3v) is 7.76. The van der Waals surface area contributed by atoms with Crippen molar-refractivity contribution in [2.45, 2.75) is 52.5 Å². The van der Waals surface area contributed by atoms with Gasteiger partial charge in [0.05, 0.1) is 11.9 Å². The van der Waals surface area contributed by atoms with Crippen LogP contribution >= 0.6 is 11.3 Å². The van der Waals surface area contributed by atoms with E-state index in [2.05, 4.69) is 29.7 Å². The highest BCUT2D eigenvalue weighted by molar-refractivity contribution is 7.18. The summed E-state index contributed by atoms with van der Waals surface area (Å²) in [6.45, 7) is 9.42. The Bertz CT molecular complexity index is 1070. The zero-order valence-corrected chi connectivity index (χ0v) is 18.8. The number of phenolic OH excluding ortho intramolecular Hbond substituents is 1. The van der Waals surface area contributed by atoms with Crippen molar-refractivity contribution in [2.75, 3.05) is 31.1 Å². The molecule has 0 bridgehead atoms. The fraction of sp³-hybridized carbons (Fsp3) is 0.500. The fourth-order valence-electron chi connectivity index (χ4n) is 4.81. The second-order valence-corrected chi connectivity index (χ2v) is 9.91. The summed E-state index contributed by atoms with van der Waals surface area (Å²) in [4.78, 5) is 17.5. The van der Waals surface area contributed by atoms with Crippen LogP contribution in [0.1, 0.15) is 46.7 Å². The third kappa shape index (κ3) is 3.79. The minimum Gasteiger partial charge on any atom is -0.508 e. The number of phenols is 1. The first-order valence-electron chi connectivity index (χ1n) is 11.1. The number of piperidine rings is 1. The quantitative estimate of drug-likeness (QED) is 0.668. The number of fused-ring (bicyclic) bond motifs is 2. The summed E-state index contributed by atoms with van der Waals surface area (Å²) in [5.74, 6) is 2.42. The lowest BCUT2D eigenvalue weighted by molar-refractivity contribution is 0.216. The van der Waals surface area contributed by atoms with Crippen molar-refractivity contribution in [3.63, 3.8) is 0 Å². The van der Waals surface area contributed by atoms with Crippen molar-refractivity contribution in [3.8, 4) is 5.75 Å². The number of aryl methyl sites for hydroxylation is 2. The second kappa shape index (κ2) is 8.16. The van der Waals surface area contributed by atoms with Crippen LogP contribution in [0.3, 0.4) is 0 Å². The summed E-state index contributed by atoms with van der Waals surface area (Å²) < 4.78 is 0. The maximum atomic E-state index is 9.90. The van der Waals surface area contributed by atoms with Crippen LogP contribution in [0.25, 0.3) is 10.2 Å². The first-order valence-corrected chi connectivity index (χ1v) is 11.9. The van der Waals surface area contributed by atoms with Gasteiger partial charge in [0, 0.05) is 18.0 Å². The Labute approximate surface area is 182 Å². The molecule has 0 aliphatic carbocycles. The average molecular weight is 423 g/mol. The highest BCUT2D eigenvalue weighted by Gasteiger charge is 2.23. The summed E-state index contributed by atoms with van der Waals surface area (Å²) in [5, 5.41) is 11.1. The lowest BCUT2D eigenvalue weighted by Gasteiger charge is -2.27. The molecule has 158 valence electrons. The molecule has 6 heteroatoms. The summed E-state index contributed by atoms with van der Waals surface area (Å²) in [5.41, 5.74) is 3.91. The van der Waals surface area contributed by atoms with Crippen LogP contribution in [0.2, 0.25) is 0 Å². The molecule has 1 saturated heterocycles. The molecule has 2 aromatic heterocycles. The number of hydrogen-bond donors (Lipinski definition) is 1. The molecule has 30 heavy (non-hydrogen) atoms. The van der Waals surface area contributed by atoms with E-state index < -0.39 is 0 Å². The molecule has 3 aromatic rings. The number of nitrogens with zero attached hydrogens (tertiary/aromatic N) is 4. The van der Waals surface area contributed by atoms with Gasteiger partial charge in [0.1, 0.15) is 22.2 Å². The van der Waals surface area contributed by atoms with Crippen LogP contribution in [0.5, 0.6) is 5.75 Å². The van der Waals surface area contributed by atoms with Crippen molar-refractivity contribution in [1.29, 1.82) is 0 Å². The van der Waals surface area contributed by atoms with Gasteiger partial charge in [0.15, 0.2) is 0 Å². The first-order chi connectivity index (χ1) is 14.6. The van der Waals surface area contributed by atoms with Gasteiger partial charge in [-0.3, -0.25) is 4.90 Å². The van der Waals surface area contributed by atoms with Crippen molar-refractivity contribution in [2.24, 2.45) is 0 Å². The third-order valence-electron chi connectivity index (χ3n) is 6.66. The number of thiophene rings is 1. The monoisotopic (exact) mass is 422 g/mol. The van der Waals surface area contributed by atoms with E-state index in [9.17, 15) is 5.11 Å². The number of likely N-dealkylation sites (tertiary alicyclic amines) is 1. The molecular weight excluding hydrogens is 392 g/mol. The van der Waals surface area contributed by atoms with Crippen molar-refractivity contribution in [3.05, 3.63) is 45.6 Å². The smallest absolute Gasteiger partial charge is 0.146 e. The van der Waals surface area contributed by atoms with Gasteiger partial charge in [-0.05, 0) is 81.4 Å². The zero-order valence-electron chi connectivity index (χ0n) is 17.9. The highest BCUT2D eigenvalue weighted by Crippen LogP contribution is 2.36. The van der Waals surface area contributed by atoms with Crippen molar-refractivity contribution in [1.82, 2.24) is 14.9 Å². The van der Waals surface area contributed by atoms with E-state index in [-0.39, 0.29) is 0 Å². The molecule has 0 amide bonds. The summed E-state index contributed by atoms with van der Waals surface area (Å²) in [7, 11) is 0. The van der Waals surface area contributed by atoms with Gasteiger partial charge >= 0.3 is 0 Å². The van der Waals surface area contributed by atoms with Gasteiger partial charge in [-0.15, -0.1) is 11.3 Å². The van der Waals surface area contributed by atoms with E-state index in [1.54, 1.807) is 17.4 Å². The van der Waals surface area contributed by atoms with E-state index in [4.69, 9.17) is 9.97 Å². The lowest BCUT2D eigenvalue weighted by atomic mass is 10.0. The normalized spacial score (nSPS) is 17.9. The zero-order chi connectivity index (χ0) is 20.7. The minimum atomic E-state index is 0.361. The Morgan fingerprint density at radius 2 is 1.73 bits per heavy atom. The Kier molecular flexibility index (Phi) is 5.37. The van der Waals surface area contributed by atoms with Crippen LogP contribution in [0, 0.1) is 13.8 Å². The van der Waals surface area contributed by atoms with Crippen LogP contribution < -0.4 is 4.90 Å². The highest BCUT2D eigenvalue weighted by atomic mass is 32.1. The number of hydrogen-bond acceptors (Lipinski definition) is 6. The molecule has 0 spiro atoms. The molecule has 1 aromatic carbocycles. The fourth-order valence-corrected chi connectivity index (χ4v) is 5.85. The summed E-state index contributed by atoms with van der Waals surface area (Å²) >= 11 is 1.80. The van der Waals surface area contributed by atoms with E-state index in [1.807, 2.05) is 6.07 Å². The topological polar surface area (TPSA) is 52.5 Å². The molecule has 2 aliphatic heterocycles. The van der Waals surface area contributed by atoms with E-state index in [0.717, 1.165) is 62.0 Å². The number of aromatic hydroxyl groups is 1. The van der Waals surface area contributed by atoms with Gasteiger partial charge in [0.2, 0.25) is 0 Å². The Morgan fingerprint density at radius 3 is 2.53 bits per heavy atom. The molecule has 0 atom stereocenters. The molecule has 0 unspecified atom stereocenters. The molecule has 2 aliphatic rings. The average Bonchev–Trinajstić information content (AvgIpc) is 2.90. The van der Waals surface area contributed by atoms with Gasteiger partial charge in [-0.1, -0.05) is 12.5 Å². The maximum absolute atomic E-state index is 9.90. The number of rotatable bonds is 3. The van der Waals surface area contributed by atoms with Gasteiger partial charge in [-0.2, -0.15) is 0 Å². The molecule has 1 fully saturated rings. The van der Waals surface area contributed by atoms with Gasteiger partial charge < -0.3 is 10.0 Å². The number of benzene rings is 1. The Balaban J connectivity index is 1.50. The molecule has 1 N–H and O–H groups in total. The van der Waals surface area contributed by atoms with E-state index in [1.165, 1.54) is 46.2 Å². The van der Waals surface area contributed by atoms with Crippen LogP contribution in [-0.2, 0) is 19.4 Å². The lowest BCUT2D eigenvalue weighted by Crippen LogP contribution is -2.31. The SMILES string of the molecule is Cc1sc2nc(CN3CCCCC3)nc(N3CCc4ccc(O)cc4CC3)c2c1C. The second-order valence-electron chi connectivity index (χ2n) is 8.70. The molecule has 5 nitrogen and oxygen atoms in total. The Morgan fingerprint density at radius 1 is 0.967 bits per heavy atom. The number of anilines is 1. The predicted octanol–water partition coefficient (Wildman–Crippen LogP) is 4.60. The van der Waals surface area contributed by atoms with Crippen molar-refractivity contribution < 1.29 is 5.11 Å². The standard InChI is InChI=1S/C24H30N4OS/c1-16-17(2)30-24-22(16)23(25-21(26-24)15-27-10-4-3-5-11-27)28-12-8-18-6-7-20(29)14-19(18)9-13-28/h6-7,14,29H,3-5,8-13,15H2,1-2H3. The summed E-state index contributed by atoms with van der Waals surface area (Å²) in [6.07, 6.45) is 5.81. The largest absolute Gasteiger partial charge is 0.508 e. The molecular formula is C24H30N4OS. The van der Waals surface area contributed by atoms with E-state index in [0.29, 0.717) is 5.75 Å². The van der Waals surface area contributed by atoms with Crippen LogP contribution in [-0.4, -0.2) is 46.2 Å². The maximum Gasteiger partial charge on any atom is 0.146 e. The van der Waals surface area contributed by atoms with Crippen LogP contribution in [0.4, 0.5) is 5.82 Å². The molecule has 0 radical (unpaired) electrons. The van der Waals surface area contributed by atoms with Gasteiger partial charge in [-0.25, -0.2) is 9.97 Å². The molecule has 5 rings (SSSR count). The van der Waals surface area contributed by atoms with Crippen LogP contribution in [0.15, 0.2) is 18.2 Å². The summed E-state index contributed by atoms with van der Waals surface area (Å²) in [6, 6.07) is 5.81. The minimum absolute atomic E-state index is 0.361. The number of aromatic nitrogens is 2. The molecule has 4 heterocycles. The Hall–Kier alpha value is -2.18. The molecule has 0 saturated carbocycles. The predicted molar refractivity (Wildman–Crippen MR) is 124 cm³/mol.